The number of amides is 2. The third-order valence-corrected chi connectivity index (χ3v) is 5.08. The van der Waals surface area contributed by atoms with Crippen LogP contribution >= 0.6 is 0 Å². The van der Waals surface area contributed by atoms with Crippen LogP contribution in [0.5, 0.6) is 0 Å². The Kier molecular flexibility index (Phi) is 7.18. The topological polar surface area (TPSA) is 95.6 Å². The second-order valence-electron chi connectivity index (χ2n) is 5.22. The van der Waals surface area contributed by atoms with E-state index in [9.17, 15) is 18.0 Å². The van der Waals surface area contributed by atoms with Gasteiger partial charge in [-0.25, -0.2) is 8.42 Å². The predicted octanol–water partition coefficient (Wildman–Crippen LogP) is 0.258. The largest absolute Gasteiger partial charge is 0.356 e. The van der Waals surface area contributed by atoms with Gasteiger partial charge in [0.1, 0.15) is 0 Å². The number of nitrogens with one attached hydrogen (secondary N) is 2. The second kappa shape index (κ2) is 8.64. The van der Waals surface area contributed by atoms with E-state index in [1.165, 1.54) is 18.3 Å². The van der Waals surface area contributed by atoms with E-state index in [-0.39, 0.29) is 42.8 Å². The molecule has 0 saturated carbocycles. The molecule has 0 saturated heterocycles. The van der Waals surface area contributed by atoms with Gasteiger partial charge in [-0.3, -0.25) is 9.59 Å². The summed E-state index contributed by atoms with van der Waals surface area (Å²) in [7, 11) is -2.09. The molecule has 1 rings (SSSR count). The van der Waals surface area contributed by atoms with Crippen LogP contribution in [0.2, 0.25) is 0 Å². The van der Waals surface area contributed by atoms with Gasteiger partial charge in [0.25, 0.3) is 0 Å². The fourth-order valence-corrected chi connectivity index (χ4v) is 2.98. The first-order valence-corrected chi connectivity index (χ1v) is 8.71. The highest BCUT2D eigenvalue weighted by Crippen LogP contribution is 2.14. The minimum atomic E-state index is -3.56. The van der Waals surface area contributed by atoms with Crippen LogP contribution in [-0.2, 0) is 19.6 Å². The summed E-state index contributed by atoms with van der Waals surface area (Å²) < 4.78 is 25.9. The lowest BCUT2D eigenvalue weighted by Crippen LogP contribution is -2.37. The molecule has 0 aliphatic carbocycles. The summed E-state index contributed by atoms with van der Waals surface area (Å²) in [5, 5.41) is 5.14. The number of rotatable bonds is 8. The van der Waals surface area contributed by atoms with Gasteiger partial charge in [0.15, 0.2) is 0 Å². The maximum absolute atomic E-state index is 12.3. The van der Waals surface area contributed by atoms with Crippen molar-refractivity contribution in [3.63, 3.8) is 0 Å². The molecule has 0 heterocycles. The van der Waals surface area contributed by atoms with Crippen molar-refractivity contribution < 1.29 is 18.0 Å². The van der Waals surface area contributed by atoms with Gasteiger partial charge in [-0.2, -0.15) is 4.31 Å². The van der Waals surface area contributed by atoms with Crippen LogP contribution < -0.4 is 10.6 Å². The summed E-state index contributed by atoms with van der Waals surface area (Å²) in [6.45, 7) is 3.90. The lowest BCUT2D eigenvalue weighted by Gasteiger charge is -2.17. The highest BCUT2D eigenvalue weighted by molar-refractivity contribution is 7.89. The minimum Gasteiger partial charge on any atom is -0.356 e. The van der Waals surface area contributed by atoms with E-state index < -0.39 is 10.0 Å². The van der Waals surface area contributed by atoms with Crippen molar-refractivity contribution in [1.82, 2.24) is 14.9 Å². The van der Waals surface area contributed by atoms with Gasteiger partial charge in [0.05, 0.1) is 4.90 Å². The molecule has 0 bridgehead atoms. The number of aryl methyl sites for hydroxylation is 1. The Bertz CT molecular complexity index is 641. The first-order valence-electron chi connectivity index (χ1n) is 7.27. The summed E-state index contributed by atoms with van der Waals surface area (Å²) in [6, 6.07) is 6.61. The fourth-order valence-electron chi connectivity index (χ4n) is 1.80. The molecule has 0 spiro atoms. The Balaban J connectivity index is 2.43. The van der Waals surface area contributed by atoms with Crippen LogP contribution in [-0.4, -0.2) is 51.2 Å². The van der Waals surface area contributed by atoms with E-state index in [2.05, 4.69) is 10.6 Å². The molecule has 23 heavy (non-hydrogen) atoms. The molecular formula is C15H23N3O4S. The van der Waals surface area contributed by atoms with Gasteiger partial charge in [-0.15, -0.1) is 0 Å². The molecule has 128 valence electrons. The average Bonchev–Trinajstić information content (AvgIpc) is 2.47. The van der Waals surface area contributed by atoms with E-state index in [4.69, 9.17) is 0 Å². The Morgan fingerprint density at radius 2 is 1.70 bits per heavy atom. The first-order chi connectivity index (χ1) is 10.7. The van der Waals surface area contributed by atoms with Crippen molar-refractivity contribution >= 4 is 21.8 Å². The summed E-state index contributed by atoms with van der Waals surface area (Å²) >= 11 is 0. The highest BCUT2D eigenvalue weighted by atomic mass is 32.2. The first kappa shape index (κ1) is 19.1. The van der Waals surface area contributed by atoms with E-state index in [0.717, 1.165) is 5.56 Å². The maximum Gasteiger partial charge on any atom is 0.242 e. The molecule has 0 aromatic heterocycles. The number of hydrogen-bond acceptors (Lipinski definition) is 4. The molecule has 2 N–H and O–H groups in total. The molecule has 2 amide bonds. The van der Waals surface area contributed by atoms with E-state index in [1.807, 2.05) is 6.92 Å². The van der Waals surface area contributed by atoms with Crippen LogP contribution in [0.15, 0.2) is 29.2 Å². The summed E-state index contributed by atoms with van der Waals surface area (Å²) in [4.78, 5) is 22.4. The Labute approximate surface area is 137 Å². The standard InChI is InChI=1S/C15H23N3O4S/c1-12-4-6-14(7-5-12)23(21,22)18(3)11-10-17-15(20)8-9-16-13(2)19/h4-7H,8-11H2,1-3H3,(H,16,19)(H,17,20). The molecule has 8 heteroatoms. The molecule has 0 atom stereocenters. The number of hydrogen-bond donors (Lipinski definition) is 2. The van der Waals surface area contributed by atoms with Crippen molar-refractivity contribution in [3.05, 3.63) is 29.8 Å². The summed E-state index contributed by atoms with van der Waals surface area (Å²) in [5.74, 6) is -0.429. The number of benzene rings is 1. The molecule has 0 fully saturated rings. The van der Waals surface area contributed by atoms with Crippen molar-refractivity contribution in [1.29, 1.82) is 0 Å². The Morgan fingerprint density at radius 3 is 2.26 bits per heavy atom. The fraction of sp³-hybridized carbons (Fsp3) is 0.467. The molecule has 0 aliphatic rings. The molecule has 1 aromatic carbocycles. The average molecular weight is 341 g/mol. The smallest absolute Gasteiger partial charge is 0.242 e. The van der Waals surface area contributed by atoms with Crippen molar-refractivity contribution in [3.8, 4) is 0 Å². The Morgan fingerprint density at radius 1 is 1.09 bits per heavy atom. The lowest BCUT2D eigenvalue weighted by atomic mass is 10.2. The van der Waals surface area contributed by atoms with Gasteiger partial charge in [-0.05, 0) is 19.1 Å². The molecule has 0 aliphatic heterocycles. The molecular weight excluding hydrogens is 318 g/mol. The number of carbonyl (C=O) groups is 2. The third kappa shape index (κ3) is 6.37. The maximum atomic E-state index is 12.3. The second-order valence-corrected chi connectivity index (χ2v) is 7.27. The van der Waals surface area contributed by atoms with Crippen molar-refractivity contribution in [2.75, 3.05) is 26.7 Å². The Hall–Kier alpha value is -1.93. The number of carbonyl (C=O) groups excluding carboxylic acids is 2. The van der Waals surface area contributed by atoms with Gasteiger partial charge >= 0.3 is 0 Å². The van der Waals surface area contributed by atoms with Crippen LogP contribution in [0.25, 0.3) is 0 Å². The third-order valence-electron chi connectivity index (χ3n) is 3.20. The van der Waals surface area contributed by atoms with Crippen molar-refractivity contribution in [2.45, 2.75) is 25.2 Å². The van der Waals surface area contributed by atoms with Gasteiger partial charge < -0.3 is 10.6 Å². The van der Waals surface area contributed by atoms with Gasteiger partial charge in [0, 0.05) is 40.0 Å². The quantitative estimate of drug-likeness (QED) is 0.709. The van der Waals surface area contributed by atoms with E-state index in [0.29, 0.717) is 0 Å². The monoisotopic (exact) mass is 341 g/mol. The van der Waals surface area contributed by atoms with Gasteiger partial charge in [0.2, 0.25) is 21.8 Å². The zero-order chi connectivity index (χ0) is 17.5. The number of sulfonamides is 1. The SMILES string of the molecule is CC(=O)NCCC(=O)NCCN(C)S(=O)(=O)c1ccc(C)cc1. The number of likely N-dealkylation sites (N-methyl/N-ethyl adjacent to an activating group) is 1. The predicted molar refractivity (Wildman–Crippen MR) is 87.3 cm³/mol. The minimum absolute atomic E-state index is 0.161. The van der Waals surface area contributed by atoms with Crippen LogP contribution in [0, 0.1) is 6.92 Å². The number of nitrogens with zero attached hydrogens (tertiary/aromatic N) is 1. The molecule has 7 nitrogen and oxygen atoms in total. The molecule has 0 unspecified atom stereocenters. The molecule has 1 aromatic rings. The highest BCUT2D eigenvalue weighted by Gasteiger charge is 2.20. The zero-order valence-electron chi connectivity index (χ0n) is 13.6. The van der Waals surface area contributed by atoms with Crippen LogP contribution in [0.4, 0.5) is 0 Å². The van der Waals surface area contributed by atoms with Crippen LogP contribution in [0.1, 0.15) is 18.9 Å². The van der Waals surface area contributed by atoms with E-state index >= 15 is 0 Å². The van der Waals surface area contributed by atoms with Crippen molar-refractivity contribution in [2.24, 2.45) is 0 Å². The van der Waals surface area contributed by atoms with Crippen LogP contribution in [0.3, 0.4) is 0 Å². The lowest BCUT2D eigenvalue weighted by molar-refractivity contribution is -0.121. The van der Waals surface area contributed by atoms with Gasteiger partial charge in [-0.1, -0.05) is 17.7 Å². The normalized spacial score (nSPS) is 11.3. The summed E-state index contributed by atoms with van der Waals surface area (Å²) in [6.07, 6.45) is 0.161. The molecule has 0 radical (unpaired) electrons. The zero-order valence-corrected chi connectivity index (χ0v) is 14.4. The van der Waals surface area contributed by atoms with E-state index in [1.54, 1.807) is 24.3 Å². The summed E-state index contributed by atoms with van der Waals surface area (Å²) in [5.41, 5.74) is 0.984.